The standard InChI is InChI=1S/C26H31NO7Si/c1-35(2,3)14-13-31-26-20(27-23(29)17-11-7-8-12-18(17)24(27)30)21(28)22-19(33-26)15-32-25(34-22)16-9-5-4-6-10-16/h4-12,19-22,25-26,28H,13-15H2,1-3H3/t19-,20-,21-,22-,25?,26-/m1/s1. The zero-order chi connectivity index (χ0) is 24.7. The molecule has 2 saturated heterocycles. The fourth-order valence-corrected chi connectivity index (χ4v) is 5.46. The second kappa shape index (κ2) is 9.57. The van der Waals surface area contributed by atoms with Gasteiger partial charge in [-0.25, -0.2) is 0 Å². The highest BCUT2D eigenvalue weighted by Crippen LogP contribution is 2.38. The zero-order valence-corrected chi connectivity index (χ0v) is 21.1. The third-order valence-corrected chi connectivity index (χ3v) is 8.37. The van der Waals surface area contributed by atoms with Crippen LogP contribution in [0, 0.1) is 0 Å². The maximum Gasteiger partial charge on any atom is 0.262 e. The van der Waals surface area contributed by atoms with Gasteiger partial charge >= 0.3 is 0 Å². The number of ether oxygens (including phenoxy) is 4. The van der Waals surface area contributed by atoms with Crippen LogP contribution in [-0.4, -0.2) is 73.8 Å². The van der Waals surface area contributed by atoms with Gasteiger partial charge in [-0.15, -0.1) is 0 Å². The summed E-state index contributed by atoms with van der Waals surface area (Å²) in [5.41, 5.74) is 1.43. The Balaban J connectivity index is 1.43. The second-order valence-electron chi connectivity index (χ2n) is 10.4. The highest BCUT2D eigenvalue weighted by molar-refractivity contribution is 6.76. The van der Waals surface area contributed by atoms with E-state index in [-0.39, 0.29) is 6.61 Å². The van der Waals surface area contributed by atoms with E-state index < -0.39 is 56.8 Å². The molecule has 8 nitrogen and oxygen atoms in total. The molecule has 186 valence electrons. The first-order valence-corrected chi connectivity index (χ1v) is 15.7. The maximum atomic E-state index is 13.3. The quantitative estimate of drug-likeness (QED) is 0.484. The van der Waals surface area contributed by atoms with Gasteiger partial charge in [0.25, 0.3) is 11.8 Å². The normalized spacial score (nSPS) is 30.8. The van der Waals surface area contributed by atoms with Gasteiger partial charge in [0.05, 0.1) is 17.7 Å². The van der Waals surface area contributed by atoms with E-state index in [0.717, 1.165) is 16.5 Å². The molecule has 3 aliphatic rings. The molecule has 0 spiro atoms. The maximum absolute atomic E-state index is 13.3. The summed E-state index contributed by atoms with van der Waals surface area (Å²) in [7, 11) is -1.41. The van der Waals surface area contributed by atoms with Crippen molar-refractivity contribution in [1.29, 1.82) is 0 Å². The highest BCUT2D eigenvalue weighted by Gasteiger charge is 2.55. The molecule has 0 radical (unpaired) electrons. The van der Waals surface area contributed by atoms with Crippen molar-refractivity contribution >= 4 is 19.9 Å². The molecule has 2 fully saturated rings. The number of aliphatic hydroxyl groups is 1. The number of nitrogens with zero attached hydrogens (tertiary/aromatic N) is 1. The molecule has 35 heavy (non-hydrogen) atoms. The molecule has 0 aliphatic carbocycles. The van der Waals surface area contributed by atoms with Gasteiger partial charge in [-0.1, -0.05) is 62.1 Å². The van der Waals surface area contributed by atoms with Crippen molar-refractivity contribution in [3.63, 3.8) is 0 Å². The van der Waals surface area contributed by atoms with Crippen LogP contribution in [0.15, 0.2) is 54.6 Å². The molecule has 2 aromatic carbocycles. The van der Waals surface area contributed by atoms with Crippen LogP contribution in [0.3, 0.4) is 0 Å². The first kappa shape index (κ1) is 24.3. The first-order chi connectivity index (χ1) is 16.7. The lowest BCUT2D eigenvalue weighted by molar-refractivity contribution is -0.348. The summed E-state index contributed by atoms with van der Waals surface area (Å²) in [5.74, 6) is -0.940. The largest absolute Gasteiger partial charge is 0.388 e. The molecular weight excluding hydrogens is 466 g/mol. The van der Waals surface area contributed by atoms with Crippen LogP contribution in [0.5, 0.6) is 0 Å². The summed E-state index contributed by atoms with van der Waals surface area (Å²) in [5, 5.41) is 11.6. The number of carbonyl (C=O) groups excluding carboxylic acids is 2. The molecule has 6 atom stereocenters. The zero-order valence-electron chi connectivity index (χ0n) is 20.1. The molecular formula is C26H31NO7Si. The fourth-order valence-electron chi connectivity index (χ4n) is 4.73. The molecule has 2 aromatic rings. The number of hydrogen-bond donors (Lipinski definition) is 1. The van der Waals surface area contributed by atoms with Gasteiger partial charge in [-0.3, -0.25) is 14.5 Å². The van der Waals surface area contributed by atoms with E-state index >= 15 is 0 Å². The molecule has 5 rings (SSSR count). The highest BCUT2D eigenvalue weighted by atomic mass is 28.3. The SMILES string of the molecule is C[Si](C)(C)CCO[C@@H]1O[C@@H]2COC(c3ccccc3)O[C@H]2[C@H](O)[C@H]1N1C(=O)c2ccccc2C1=O. The molecule has 9 heteroatoms. The van der Waals surface area contributed by atoms with Crippen molar-refractivity contribution in [2.24, 2.45) is 0 Å². The Bertz CT molecular complexity index is 1050. The fraction of sp³-hybridized carbons (Fsp3) is 0.462. The molecule has 3 heterocycles. The molecule has 0 bridgehead atoms. The predicted octanol–water partition coefficient (Wildman–Crippen LogP) is 3.21. The molecule has 0 saturated carbocycles. The van der Waals surface area contributed by atoms with Crippen molar-refractivity contribution in [3.8, 4) is 0 Å². The van der Waals surface area contributed by atoms with E-state index in [0.29, 0.717) is 17.7 Å². The molecule has 1 unspecified atom stereocenters. The third-order valence-electron chi connectivity index (χ3n) is 6.66. The Hall–Kier alpha value is -2.40. The number of fused-ring (bicyclic) bond motifs is 2. The topological polar surface area (TPSA) is 94.5 Å². The summed E-state index contributed by atoms with van der Waals surface area (Å²) >= 11 is 0. The number of imide groups is 1. The third kappa shape index (κ3) is 4.72. The Morgan fingerprint density at radius 3 is 2.23 bits per heavy atom. The van der Waals surface area contributed by atoms with Crippen molar-refractivity contribution in [2.45, 2.75) is 62.6 Å². The minimum Gasteiger partial charge on any atom is -0.388 e. The minimum absolute atomic E-state index is 0.185. The number of hydrogen-bond acceptors (Lipinski definition) is 7. The number of benzene rings is 2. The Kier molecular flexibility index (Phi) is 6.64. The van der Waals surface area contributed by atoms with Crippen LogP contribution < -0.4 is 0 Å². The van der Waals surface area contributed by atoms with Crippen LogP contribution >= 0.6 is 0 Å². The van der Waals surface area contributed by atoms with Crippen LogP contribution in [0.25, 0.3) is 0 Å². The van der Waals surface area contributed by atoms with Crippen LogP contribution in [0.2, 0.25) is 25.7 Å². The number of aliphatic hydroxyl groups excluding tert-OH is 1. The number of carbonyl (C=O) groups is 2. The minimum atomic E-state index is -1.41. The van der Waals surface area contributed by atoms with Crippen molar-refractivity contribution in [3.05, 3.63) is 71.3 Å². The molecule has 1 N–H and O–H groups in total. The van der Waals surface area contributed by atoms with Crippen molar-refractivity contribution < 1.29 is 33.6 Å². The summed E-state index contributed by atoms with van der Waals surface area (Å²) in [4.78, 5) is 27.7. The van der Waals surface area contributed by atoms with Gasteiger partial charge in [-0.05, 0) is 18.2 Å². The van der Waals surface area contributed by atoms with E-state index in [4.69, 9.17) is 18.9 Å². The van der Waals surface area contributed by atoms with Crippen LogP contribution in [0.4, 0.5) is 0 Å². The summed E-state index contributed by atoms with van der Waals surface area (Å²) in [6.07, 6.45) is -4.32. The van der Waals surface area contributed by atoms with Crippen molar-refractivity contribution in [2.75, 3.05) is 13.2 Å². The van der Waals surface area contributed by atoms with Crippen molar-refractivity contribution in [1.82, 2.24) is 4.90 Å². The Labute approximate surface area is 205 Å². The molecule has 3 aliphatic heterocycles. The van der Waals surface area contributed by atoms with E-state index in [9.17, 15) is 14.7 Å². The predicted molar refractivity (Wildman–Crippen MR) is 130 cm³/mol. The van der Waals surface area contributed by atoms with Gasteiger partial charge in [-0.2, -0.15) is 0 Å². The van der Waals surface area contributed by atoms with E-state index in [1.807, 2.05) is 30.3 Å². The van der Waals surface area contributed by atoms with Gasteiger partial charge in [0, 0.05) is 20.2 Å². The van der Waals surface area contributed by atoms with Crippen LogP contribution in [0.1, 0.15) is 32.6 Å². The Morgan fingerprint density at radius 1 is 0.971 bits per heavy atom. The first-order valence-electron chi connectivity index (χ1n) is 12.0. The number of amides is 2. The monoisotopic (exact) mass is 497 g/mol. The lowest BCUT2D eigenvalue weighted by atomic mass is 9.94. The Morgan fingerprint density at radius 2 is 1.60 bits per heavy atom. The van der Waals surface area contributed by atoms with Gasteiger partial charge in [0.1, 0.15) is 24.4 Å². The number of rotatable bonds is 6. The molecule has 0 aromatic heterocycles. The lowest BCUT2D eigenvalue weighted by Crippen LogP contribution is -2.67. The molecule has 2 amide bonds. The lowest BCUT2D eigenvalue weighted by Gasteiger charge is -2.49. The van der Waals surface area contributed by atoms with E-state index in [2.05, 4.69) is 19.6 Å². The van der Waals surface area contributed by atoms with E-state index in [1.165, 1.54) is 0 Å². The van der Waals surface area contributed by atoms with Gasteiger partial charge in [0.15, 0.2) is 12.6 Å². The average molecular weight is 498 g/mol. The van der Waals surface area contributed by atoms with Crippen LogP contribution in [-0.2, 0) is 18.9 Å². The average Bonchev–Trinajstić information content (AvgIpc) is 3.09. The summed E-state index contributed by atoms with van der Waals surface area (Å²) < 4.78 is 24.3. The summed E-state index contributed by atoms with van der Waals surface area (Å²) in [6.45, 7) is 7.29. The summed E-state index contributed by atoms with van der Waals surface area (Å²) in [6, 6.07) is 15.9. The second-order valence-corrected chi connectivity index (χ2v) is 16.0. The van der Waals surface area contributed by atoms with Gasteiger partial charge < -0.3 is 24.1 Å². The van der Waals surface area contributed by atoms with Gasteiger partial charge in [0.2, 0.25) is 0 Å². The smallest absolute Gasteiger partial charge is 0.262 e. The van der Waals surface area contributed by atoms with E-state index in [1.54, 1.807) is 24.3 Å².